The van der Waals surface area contributed by atoms with Crippen LogP contribution in [0.5, 0.6) is 0 Å². The maximum atomic E-state index is 5.86. The molecule has 0 heterocycles. The second-order valence-corrected chi connectivity index (χ2v) is 4.14. The number of benzene rings is 1. The van der Waals surface area contributed by atoms with Crippen LogP contribution in [0.2, 0.25) is 5.02 Å². The molecule has 0 aliphatic carbocycles. The second-order valence-electron chi connectivity index (χ2n) is 3.70. The van der Waals surface area contributed by atoms with Crippen molar-refractivity contribution in [3.8, 4) is 0 Å². The molecule has 0 aliphatic heterocycles. The van der Waals surface area contributed by atoms with Crippen molar-refractivity contribution in [2.24, 2.45) is 0 Å². The fourth-order valence-electron chi connectivity index (χ4n) is 1.56. The van der Waals surface area contributed by atoms with E-state index < -0.39 is 0 Å². The zero-order chi connectivity index (χ0) is 11.8. The van der Waals surface area contributed by atoms with Crippen LogP contribution in [0.15, 0.2) is 24.3 Å². The van der Waals surface area contributed by atoms with Crippen LogP contribution in [-0.2, 0) is 4.74 Å². The second kappa shape index (κ2) is 7.66. The van der Waals surface area contributed by atoms with Gasteiger partial charge < -0.3 is 10.1 Å². The van der Waals surface area contributed by atoms with Crippen molar-refractivity contribution in [2.45, 2.75) is 26.4 Å². The van der Waals surface area contributed by atoms with Gasteiger partial charge in [-0.25, -0.2) is 0 Å². The number of hydrogen-bond acceptors (Lipinski definition) is 2. The molecule has 2 nitrogen and oxygen atoms in total. The zero-order valence-corrected chi connectivity index (χ0v) is 10.8. The molecular formula is C13H20ClNO. The predicted octanol–water partition coefficient (Wildman–Crippen LogP) is 3.42. The Morgan fingerprint density at radius 1 is 1.25 bits per heavy atom. The molecule has 3 heteroatoms. The minimum absolute atomic E-state index is 0.119. The van der Waals surface area contributed by atoms with Gasteiger partial charge in [0.1, 0.15) is 0 Å². The summed E-state index contributed by atoms with van der Waals surface area (Å²) in [7, 11) is 0. The molecule has 0 spiro atoms. The lowest BCUT2D eigenvalue weighted by molar-refractivity contribution is 0.0625. The molecule has 1 aromatic carbocycles. The van der Waals surface area contributed by atoms with Crippen LogP contribution in [0.3, 0.4) is 0 Å². The highest BCUT2D eigenvalue weighted by molar-refractivity contribution is 6.30. The first-order valence-electron chi connectivity index (χ1n) is 5.85. The number of halogens is 1. The average molecular weight is 242 g/mol. The van der Waals surface area contributed by atoms with Gasteiger partial charge in [0, 0.05) is 18.2 Å². The van der Waals surface area contributed by atoms with E-state index in [0.29, 0.717) is 0 Å². The molecule has 1 unspecified atom stereocenters. The topological polar surface area (TPSA) is 21.3 Å². The molecule has 0 radical (unpaired) electrons. The molecule has 0 amide bonds. The van der Waals surface area contributed by atoms with E-state index in [1.54, 1.807) is 0 Å². The van der Waals surface area contributed by atoms with Gasteiger partial charge in [-0.2, -0.15) is 0 Å². The van der Waals surface area contributed by atoms with Gasteiger partial charge in [0.15, 0.2) is 0 Å². The monoisotopic (exact) mass is 241 g/mol. The van der Waals surface area contributed by atoms with E-state index in [1.807, 2.05) is 31.2 Å². The van der Waals surface area contributed by atoms with E-state index in [4.69, 9.17) is 16.3 Å². The van der Waals surface area contributed by atoms with Crippen molar-refractivity contribution < 1.29 is 4.74 Å². The quantitative estimate of drug-likeness (QED) is 0.739. The highest BCUT2D eigenvalue weighted by Gasteiger charge is 2.10. The van der Waals surface area contributed by atoms with Crippen LogP contribution >= 0.6 is 11.6 Å². The van der Waals surface area contributed by atoms with Gasteiger partial charge in [-0.15, -0.1) is 0 Å². The van der Waals surface area contributed by atoms with Gasteiger partial charge in [0.25, 0.3) is 0 Å². The van der Waals surface area contributed by atoms with E-state index in [0.717, 1.165) is 31.1 Å². The Morgan fingerprint density at radius 3 is 2.50 bits per heavy atom. The SMILES string of the molecule is CCCNCC(OCC)c1ccc(Cl)cc1. The summed E-state index contributed by atoms with van der Waals surface area (Å²) < 4.78 is 5.71. The first-order chi connectivity index (χ1) is 7.77. The molecule has 0 saturated heterocycles. The number of hydrogen-bond donors (Lipinski definition) is 1. The molecule has 0 aromatic heterocycles. The zero-order valence-electron chi connectivity index (χ0n) is 10.0. The van der Waals surface area contributed by atoms with Crippen LogP contribution in [0.4, 0.5) is 0 Å². The van der Waals surface area contributed by atoms with Crippen molar-refractivity contribution in [2.75, 3.05) is 19.7 Å². The molecule has 1 N–H and O–H groups in total. The van der Waals surface area contributed by atoms with Gasteiger partial charge in [-0.3, -0.25) is 0 Å². The van der Waals surface area contributed by atoms with E-state index in [9.17, 15) is 0 Å². The van der Waals surface area contributed by atoms with Gasteiger partial charge in [0.2, 0.25) is 0 Å². The van der Waals surface area contributed by atoms with E-state index in [2.05, 4.69) is 12.2 Å². The fraction of sp³-hybridized carbons (Fsp3) is 0.538. The van der Waals surface area contributed by atoms with Crippen molar-refractivity contribution in [3.05, 3.63) is 34.9 Å². The lowest BCUT2D eigenvalue weighted by atomic mass is 10.1. The summed E-state index contributed by atoms with van der Waals surface area (Å²) in [6.45, 7) is 6.77. The average Bonchev–Trinajstić information content (AvgIpc) is 2.29. The molecule has 0 bridgehead atoms. The van der Waals surface area contributed by atoms with Crippen LogP contribution in [-0.4, -0.2) is 19.7 Å². The van der Waals surface area contributed by atoms with Crippen molar-refractivity contribution in [3.63, 3.8) is 0 Å². The Balaban J connectivity index is 2.57. The third-order valence-corrected chi connectivity index (χ3v) is 2.62. The van der Waals surface area contributed by atoms with Crippen LogP contribution in [0.1, 0.15) is 31.9 Å². The third kappa shape index (κ3) is 4.52. The van der Waals surface area contributed by atoms with Crippen molar-refractivity contribution in [1.29, 1.82) is 0 Å². The molecule has 0 saturated carbocycles. The van der Waals surface area contributed by atoms with Gasteiger partial charge >= 0.3 is 0 Å². The minimum Gasteiger partial charge on any atom is -0.372 e. The summed E-state index contributed by atoms with van der Waals surface area (Å²) in [6, 6.07) is 7.86. The Bertz CT molecular complexity index is 286. The minimum atomic E-state index is 0.119. The van der Waals surface area contributed by atoms with Crippen LogP contribution in [0.25, 0.3) is 0 Å². The maximum Gasteiger partial charge on any atom is 0.0949 e. The van der Waals surface area contributed by atoms with Crippen molar-refractivity contribution in [1.82, 2.24) is 5.32 Å². The third-order valence-electron chi connectivity index (χ3n) is 2.37. The summed E-state index contributed by atoms with van der Waals surface area (Å²) in [5.74, 6) is 0. The Morgan fingerprint density at radius 2 is 1.94 bits per heavy atom. The summed E-state index contributed by atoms with van der Waals surface area (Å²) in [6.07, 6.45) is 1.26. The molecule has 16 heavy (non-hydrogen) atoms. The highest BCUT2D eigenvalue weighted by atomic mass is 35.5. The van der Waals surface area contributed by atoms with Gasteiger partial charge in [-0.05, 0) is 37.6 Å². The summed E-state index contributed by atoms with van der Waals surface area (Å²) >= 11 is 5.86. The number of rotatable bonds is 7. The standard InChI is InChI=1S/C13H20ClNO/c1-3-9-15-10-13(16-4-2)11-5-7-12(14)8-6-11/h5-8,13,15H,3-4,9-10H2,1-2H3. The first kappa shape index (κ1) is 13.5. The number of ether oxygens (including phenoxy) is 1. The largest absolute Gasteiger partial charge is 0.372 e. The molecule has 0 aliphatic rings. The predicted molar refractivity (Wildman–Crippen MR) is 69.0 cm³/mol. The molecule has 1 aromatic rings. The van der Waals surface area contributed by atoms with E-state index >= 15 is 0 Å². The smallest absolute Gasteiger partial charge is 0.0949 e. The molecule has 0 fully saturated rings. The summed E-state index contributed by atoms with van der Waals surface area (Å²) in [4.78, 5) is 0. The first-order valence-corrected chi connectivity index (χ1v) is 6.23. The number of nitrogens with one attached hydrogen (secondary N) is 1. The summed E-state index contributed by atoms with van der Waals surface area (Å²) in [5, 5.41) is 4.14. The van der Waals surface area contributed by atoms with Crippen LogP contribution in [0, 0.1) is 0 Å². The van der Waals surface area contributed by atoms with Crippen LogP contribution < -0.4 is 5.32 Å². The molecule has 90 valence electrons. The Labute approximate surface area is 103 Å². The highest BCUT2D eigenvalue weighted by Crippen LogP contribution is 2.19. The molecule has 1 rings (SSSR count). The maximum absolute atomic E-state index is 5.86. The van der Waals surface area contributed by atoms with Gasteiger partial charge in [-0.1, -0.05) is 30.7 Å². The lowest BCUT2D eigenvalue weighted by Gasteiger charge is -2.18. The Hall–Kier alpha value is -0.570. The summed E-state index contributed by atoms with van der Waals surface area (Å²) in [5.41, 5.74) is 1.18. The molecular weight excluding hydrogens is 222 g/mol. The normalized spacial score (nSPS) is 12.7. The lowest BCUT2D eigenvalue weighted by Crippen LogP contribution is -2.24. The van der Waals surface area contributed by atoms with E-state index in [-0.39, 0.29) is 6.10 Å². The Kier molecular flexibility index (Phi) is 6.46. The van der Waals surface area contributed by atoms with Crippen molar-refractivity contribution >= 4 is 11.6 Å². The molecule has 1 atom stereocenters. The van der Waals surface area contributed by atoms with Gasteiger partial charge in [0.05, 0.1) is 6.10 Å². The fourth-order valence-corrected chi connectivity index (χ4v) is 1.69. The van der Waals surface area contributed by atoms with E-state index in [1.165, 1.54) is 5.56 Å².